The van der Waals surface area contributed by atoms with Gasteiger partial charge in [-0.05, 0) is 12.0 Å². The number of Topliss-reactive ketones (excluding diaryl/α,β-unsaturated/α-hetero) is 2. The Balaban J connectivity index is 2.26. The van der Waals surface area contributed by atoms with Crippen molar-refractivity contribution < 1.29 is 9.59 Å². The quantitative estimate of drug-likeness (QED) is 0.531. The third-order valence-electron chi connectivity index (χ3n) is 2.48. The van der Waals surface area contributed by atoms with Crippen molar-refractivity contribution in [1.82, 2.24) is 0 Å². The molecule has 0 aromatic heterocycles. The zero-order valence-electron chi connectivity index (χ0n) is 9.82. The summed E-state index contributed by atoms with van der Waals surface area (Å²) in [5, 5.41) is 0. The normalized spacial score (nSPS) is 9.59. The molecule has 17 heavy (non-hydrogen) atoms. The Morgan fingerprint density at radius 3 is 2.35 bits per heavy atom. The summed E-state index contributed by atoms with van der Waals surface area (Å²) in [6.07, 6.45) is 6.93. The van der Waals surface area contributed by atoms with Gasteiger partial charge in [0.1, 0.15) is 11.6 Å². The fraction of sp³-hybridized carbons (Fsp3) is 0.333. The van der Waals surface area contributed by atoms with Gasteiger partial charge in [0.05, 0.1) is 6.42 Å². The molecular weight excluding hydrogens is 212 g/mol. The fourth-order valence-electron chi connectivity index (χ4n) is 1.54. The number of hydrogen-bond acceptors (Lipinski definition) is 2. The number of hydrogen-bond donors (Lipinski definition) is 0. The smallest absolute Gasteiger partial charge is 0.141 e. The third kappa shape index (κ3) is 5.67. The predicted molar refractivity (Wildman–Crippen MR) is 67.5 cm³/mol. The molecule has 0 aliphatic rings. The average Bonchev–Trinajstić information content (AvgIpc) is 2.35. The number of carbonyl (C=O) groups is 2. The zero-order valence-corrected chi connectivity index (χ0v) is 9.82. The highest BCUT2D eigenvalue weighted by Crippen LogP contribution is 2.05. The first-order valence-electron chi connectivity index (χ1n) is 5.73. The molecule has 0 fully saturated rings. The van der Waals surface area contributed by atoms with Gasteiger partial charge < -0.3 is 0 Å². The van der Waals surface area contributed by atoms with Gasteiger partial charge >= 0.3 is 0 Å². The van der Waals surface area contributed by atoms with Crippen molar-refractivity contribution in [3.05, 3.63) is 35.9 Å². The maximum absolute atomic E-state index is 11.5. The number of rotatable bonds is 7. The van der Waals surface area contributed by atoms with Crippen molar-refractivity contribution in [2.75, 3.05) is 0 Å². The van der Waals surface area contributed by atoms with E-state index in [0.717, 1.165) is 5.56 Å². The Labute approximate surface area is 102 Å². The molecule has 0 aliphatic heterocycles. The van der Waals surface area contributed by atoms with Crippen molar-refractivity contribution in [3.63, 3.8) is 0 Å². The monoisotopic (exact) mass is 228 g/mol. The molecule has 0 saturated carbocycles. The minimum Gasteiger partial charge on any atom is -0.299 e. The van der Waals surface area contributed by atoms with Gasteiger partial charge in [0, 0.05) is 19.3 Å². The Bertz CT molecular complexity index is 412. The molecule has 0 aliphatic carbocycles. The SMILES string of the molecule is C#CCCC(=O)CC(=O)CCc1ccccc1. The predicted octanol–water partition coefficient (Wildman–Crippen LogP) is 2.56. The third-order valence-corrected chi connectivity index (χ3v) is 2.48. The molecule has 88 valence electrons. The second-order valence-corrected chi connectivity index (χ2v) is 3.94. The molecule has 2 heteroatoms. The lowest BCUT2D eigenvalue weighted by molar-refractivity contribution is -0.126. The first-order valence-corrected chi connectivity index (χ1v) is 5.73. The van der Waals surface area contributed by atoms with Crippen LogP contribution >= 0.6 is 0 Å². The van der Waals surface area contributed by atoms with Gasteiger partial charge in [-0.2, -0.15) is 0 Å². The Morgan fingerprint density at radius 2 is 1.71 bits per heavy atom. The van der Waals surface area contributed by atoms with Gasteiger partial charge in [0.2, 0.25) is 0 Å². The van der Waals surface area contributed by atoms with Crippen LogP contribution in [0.2, 0.25) is 0 Å². The van der Waals surface area contributed by atoms with Crippen LogP contribution in [0.1, 0.15) is 31.2 Å². The zero-order chi connectivity index (χ0) is 12.5. The Kier molecular flexibility index (Phi) is 5.74. The number of benzene rings is 1. The number of terminal acetylenes is 1. The molecule has 1 aromatic carbocycles. The molecule has 0 saturated heterocycles. The summed E-state index contributed by atoms with van der Waals surface area (Å²) in [6, 6.07) is 9.78. The van der Waals surface area contributed by atoms with Crippen LogP contribution in [0.3, 0.4) is 0 Å². The lowest BCUT2D eigenvalue weighted by atomic mass is 10.0. The van der Waals surface area contributed by atoms with Gasteiger partial charge in [0.15, 0.2) is 0 Å². The molecular formula is C15H16O2. The molecule has 2 nitrogen and oxygen atoms in total. The van der Waals surface area contributed by atoms with Crippen molar-refractivity contribution in [2.24, 2.45) is 0 Å². The number of ketones is 2. The van der Waals surface area contributed by atoms with E-state index in [0.29, 0.717) is 25.7 Å². The molecule has 0 heterocycles. The summed E-state index contributed by atoms with van der Waals surface area (Å²) in [5.74, 6) is 2.34. The summed E-state index contributed by atoms with van der Waals surface area (Å²) in [5.41, 5.74) is 1.12. The highest BCUT2D eigenvalue weighted by atomic mass is 16.1. The van der Waals surface area contributed by atoms with Crippen LogP contribution in [0.25, 0.3) is 0 Å². The lowest BCUT2D eigenvalue weighted by Gasteiger charge is -2.00. The summed E-state index contributed by atoms with van der Waals surface area (Å²) in [4.78, 5) is 22.8. The van der Waals surface area contributed by atoms with E-state index in [1.807, 2.05) is 30.3 Å². The van der Waals surface area contributed by atoms with Crippen molar-refractivity contribution in [3.8, 4) is 12.3 Å². The fourth-order valence-corrected chi connectivity index (χ4v) is 1.54. The van der Waals surface area contributed by atoms with Crippen LogP contribution in [-0.4, -0.2) is 11.6 Å². The summed E-state index contributed by atoms with van der Waals surface area (Å²) >= 11 is 0. The van der Waals surface area contributed by atoms with E-state index in [-0.39, 0.29) is 18.0 Å². The molecule has 0 bridgehead atoms. The summed E-state index contributed by atoms with van der Waals surface area (Å²) in [6.45, 7) is 0. The summed E-state index contributed by atoms with van der Waals surface area (Å²) < 4.78 is 0. The van der Waals surface area contributed by atoms with E-state index in [1.54, 1.807) is 0 Å². The molecule has 0 atom stereocenters. The number of aryl methyl sites for hydroxylation is 1. The molecule has 0 amide bonds. The standard InChI is InChI=1S/C15H16O2/c1-2-3-9-14(16)12-15(17)11-10-13-7-5-4-6-8-13/h1,4-8H,3,9-12H2. The van der Waals surface area contributed by atoms with Gasteiger partial charge in [-0.25, -0.2) is 0 Å². The highest BCUT2D eigenvalue weighted by Gasteiger charge is 2.08. The van der Waals surface area contributed by atoms with Crippen LogP contribution < -0.4 is 0 Å². The molecule has 0 radical (unpaired) electrons. The van der Waals surface area contributed by atoms with Crippen molar-refractivity contribution >= 4 is 11.6 Å². The first-order chi connectivity index (χ1) is 8.22. The van der Waals surface area contributed by atoms with Crippen LogP contribution in [-0.2, 0) is 16.0 Å². The van der Waals surface area contributed by atoms with E-state index >= 15 is 0 Å². The van der Waals surface area contributed by atoms with Gasteiger partial charge in [-0.3, -0.25) is 9.59 Å². The Hall–Kier alpha value is -1.88. The minimum atomic E-state index is -0.0546. The average molecular weight is 228 g/mol. The van der Waals surface area contributed by atoms with E-state index < -0.39 is 0 Å². The molecule has 1 rings (SSSR count). The maximum atomic E-state index is 11.5. The second-order valence-electron chi connectivity index (χ2n) is 3.94. The largest absolute Gasteiger partial charge is 0.299 e. The molecule has 0 N–H and O–H groups in total. The van der Waals surface area contributed by atoms with Gasteiger partial charge in [0.25, 0.3) is 0 Å². The van der Waals surface area contributed by atoms with Gasteiger partial charge in [-0.15, -0.1) is 12.3 Å². The van der Waals surface area contributed by atoms with Crippen LogP contribution in [0.15, 0.2) is 30.3 Å². The Morgan fingerprint density at radius 1 is 1.06 bits per heavy atom. The van der Waals surface area contributed by atoms with Crippen molar-refractivity contribution in [1.29, 1.82) is 0 Å². The maximum Gasteiger partial charge on any atom is 0.141 e. The van der Waals surface area contributed by atoms with E-state index in [1.165, 1.54) is 0 Å². The molecule has 0 spiro atoms. The van der Waals surface area contributed by atoms with E-state index in [2.05, 4.69) is 5.92 Å². The minimum absolute atomic E-state index is 0.00382. The first kappa shape index (κ1) is 13.2. The van der Waals surface area contributed by atoms with E-state index in [9.17, 15) is 9.59 Å². The van der Waals surface area contributed by atoms with Gasteiger partial charge in [-0.1, -0.05) is 30.3 Å². The van der Waals surface area contributed by atoms with Crippen molar-refractivity contribution in [2.45, 2.75) is 32.1 Å². The van der Waals surface area contributed by atoms with E-state index in [4.69, 9.17) is 6.42 Å². The second kappa shape index (κ2) is 7.40. The van der Waals surface area contributed by atoms with Crippen LogP contribution in [0.5, 0.6) is 0 Å². The topological polar surface area (TPSA) is 34.1 Å². The van der Waals surface area contributed by atoms with Crippen LogP contribution in [0.4, 0.5) is 0 Å². The summed E-state index contributed by atoms with van der Waals surface area (Å²) in [7, 11) is 0. The highest BCUT2D eigenvalue weighted by molar-refractivity contribution is 5.99. The lowest BCUT2D eigenvalue weighted by Crippen LogP contribution is -2.08. The number of carbonyl (C=O) groups excluding carboxylic acids is 2. The molecule has 1 aromatic rings. The molecule has 0 unspecified atom stereocenters. The van der Waals surface area contributed by atoms with Crippen LogP contribution in [0, 0.1) is 12.3 Å².